The zero-order chi connectivity index (χ0) is 14.0. The lowest BCUT2D eigenvalue weighted by molar-refractivity contribution is 0.0912. The third-order valence-corrected chi connectivity index (χ3v) is 5.56. The molecular weight excluding hydrogens is 266 g/mol. The van der Waals surface area contributed by atoms with E-state index in [9.17, 15) is 13.5 Å². The lowest BCUT2D eigenvalue weighted by Crippen LogP contribution is -2.40. The molecule has 0 amide bonds. The monoisotopic (exact) mass is 285 g/mol. The number of nitrogen functional groups attached to an aromatic ring is 1. The highest BCUT2D eigenvalue weighted by atomic mass is 32.2. The topological polar surface area (TPSA) is 96.5 Å². The molecule has 0 aliphatic carbocycles. The molecule has 1 saturated heterocycles. The number of rotatable bonds is 3. The third kappa shape index (κ3) is 2.88. The van der Waals surface area contributed by atoms with Crippen LogP contribution in [0.25, 0.3) is 0 Å². The molecular formula is C12H19N3O3S. The minimum Gasteiger partial charge on any atom is -0.398 e. The van der Waals surface area contributed by atoms with Gasteiger partial charge < -0.3 is 10.8 Å². The molecule has 2 rings (SSSR count). The first kappa shape index (κ1) is 14.2. The molecule has 1 aromatic rings. The largest absolute Gasteiger partial charge is 0.398 e. The molecule has 106 valence electrons. The fourth-order valence-electron chi connectivity index (χ4n) is 2.34. The number of aliphatic hydroxyl groups is 1. The number of hydrogen-bond acceptors (Lipinski definition) is 5. The van der Waals surface area contributed by atoms with E-state index in [0.29, 0.717) is 25.9 Å². The fourth-order valence-corrected chi connectivity index (χ4v) is 3.87. The van der Waals surface area contributed by atoms with Crippen LogP contribution in [0.2, 0.25) is 0 Å². The summed E-state index contributed by atoms with van der Waals surface area (Å²) in [6.45, 7) is 2.56. The lowest BCUT2D eigenvalue weighted by Gasteiger charge is -2.32. The van der Waals surface area contributed by atoms with Crippen molar-refractivity contribution in [1.82, 2.24) is 9.29 Å². The Morgan fingerprint density at radius 1 is 1.47 bits per heavy atom. The summed E-state index contributed by atoms with van der Waals surface area (Å²) in [5.74, 6) is 0.165. The molecule has 0 saturated carbocycles. The van der Waals surface area contributed by atoms with Crippen molar-refractivity contribution in [1.29, 1.82) is 0 Å². The van der Waals surface area contributed by atoms with Crippen LogP contribution in [0.4, 0.5) is 5.69 Å². The summed E-state index contributed by atoms with van der Waals surface area (Å²) in [5, 5.41) is 9.53. The number of nitrogens with two attached hydrogens (primary N) is 1. The van der Waals surface area contributed by atoms with E-state index in [1.165, 1.54) is 22.8 Å². The third-order valence-electron chi connectivity index (χ3n) is 3.62. The molecule has 1 aliphatic rings. The van der Waals surface area contributed by atoms with E-state index in [4.69, 9.17) is 5.73 Å². The van der Waals surface area contributed by atoms with Crippen LogP contribution in [-0.4, -0.2) is 42.0 Å². The van der Waals surface area contributed by atoms with Crippen LogP contribution >= 0.6 is 0 Å². The summed E-state index contributed by atoms with van der Waals surface area (Å²) in [6.07, 6.45) is 3.68. The Morgan fingerprint density at radius 2 is 2.11 bits per heavy atom. The number of aliphatic hydroxyl groups excluding tert-OH is 1. The standard InChI is InChI=1S/C12H19N3O3S/c1-9(16)10-3-6-15(7-4-10)19(17,18)12-8-14-5-2-11(12)13/h2,5,8-10,16H,3-4,6-7H2,1H3,(H2,13,14). The summed E-state index contributed by atoms with van der Waals surface area (Å²) in [5.41, 5.74) is 5.92. The Kier molecular flexibility index (Phi) is 4.07. The molecule has 19 heavy (non-hydrogen) atoms. The Morgan fingerprint density at radius 3 is 2.63 bits per heavy atom. The van der Waals surface area contributed by atoms with Gasteiger partial charge in [-0.1, -0.05) is 0 Å². The van der Waals surface area contributed by atoms with Gasteiger partial charge in [0.15, 0.2) is 0 Å². The van der Waals surface area contributed by atoms with Gasteiger partial charge in [-0.3, -0.25) is 4.98 Å². The van der Waals surface area contributed by atoms with Crippen LogP contribution in [0.5, 0.6) is 0 Å². The molecule has 0 spiro atoms. The molecule has 1 fully saturated rings. The molecule has 1 aromatic heterocycles. The Balaban J connectivity index is 2.17. The van der Waals surface area contributed by atoms with Gasteiger partial charge in [0.2, 0.25) is 10.0 Å². The number of piperidine rings is 1. The molecule has 1 unspecified atom stereocenters. The number of sulfonamides is 1. The molecule has 3 N–H and O–H groups in total. The van der Waals surface area contributed by atoms with Gasteiger partial charge in [0.25, 0.3) is 0 Å². The minimum absolute atomic E-state index is 0.0606. The van der Waals surface area contributed by atoms with Crippen LogP contribution in [0.3, 0.4) is 0 Å². The number of aromatic nitrogens is 1. The van der Waals surface area contributed by atoms with Crippen LogP contribution < -0.4 is 5.73 Å². The molecule has 7 heteroatoms. The number of pyridine rings is 1. The second kappa shape index (κ2) is 5.44. The minimum atomic E-state index is -3.58. The van der Waals surface area contributed by atoms with Gasteiger partial charge in [0.05, 0.1) is 11.8 Å². The van der Waals surface area contributed by atoms with E-state index in [1.54, 1.807) is 6.92 Å². The summed E-state index contributed by atoms with van der Waals surface area (Å²) in [6, 6.07) is 1.48. The summed E-state index contributed by atoms with van der Waals surface area (Å²) >= 11 is 0. The molecule has 0 bridgehead atoms. The average Bonchev–Trinajstić information content (AvgIpc) is 2.39. The maximum atomic E-state index is 12.4. The van der Waals surface area contributed by atoms with Gasteiger partial charge >= 0.3 is 0 Å². The van der Waals surface area contributed by atoms with Crippen molar-refractivity contribution in [3.05, 3.63) is 18.5 Å². The van der Waals surface area contributed by atoms with Crippen molar-refractivity contribution in [2.45, 2.75) is 30.8 Å². The van der Waals surface area contributed by atoms with Gasteiger partial charge in [0, 0.05) is 25.5 Å². The lowest BCUT2D eigenvalue weighted by atomic mass is 9.93. The van der Waals surface area contributed by atoms with E-state index in [2.05, 4.69) is 4.98 Å². The van der Waals surface area contributed by atoms with Gasteiger partial charge in [-0.05, 0) is 31.7 Å². The Labute approximate surface area is 113 Å². The van der Waals surface area contributed by atoms with E-state index >= 15 is 0 Å². The fraction of sp³-hybridized carbons (Fsp3) is 0.583. The zero-order valence-corrected chi connectivity index (χ0v) is 11.7. The smallest absolute Gasteiger partial charge is 0.246 e. The Hall–Kier alpha value is -1.18. The highest BCUT2D eigenvalue weighted by Gasteiger charge is 2.32. The maximum absolute atomic E-state index is 12.4. The first-order valence-corrected chi connectivity index (χ1v) is 7.74. The summed E-state index contributed by atoms with van der Waals surface area (Å²) in [4.78, 5) is 3.88. The second-order valence-electron chi connectivity index (χ2n) is 4.90. The van der Waals surface area contributed by atoms with Crippen LogP contribution in [-0.2, 0) is 10.0 Å². The molecule has 6 nitrogen and oxygen atoms in total. The number of nitrogens with zero attached hydrogens (tertiary/aromatic N) is 2. The molecule has 0 aromatic carbocycles. The summed E-state index contributed by atoms with van der Waals surface area (Å²) < 4.78 is 26.3. The van der Waals surface area contributed by atoms with Crippen molar-refractivity contribution in [2.24, 2.45) is 5.92 Å². The first-order valence-electron chi connectivity index (χ1n) is 6.30. The SMILES string of the molecule is CC(O)C1CCN(S(=O)(=O)c2cnccc2N)CC1. The molecule has 1 atom stereocenters. The van der Waals surface area contributed by atoms with Crippen molar-refractivity contribution >= 4 is 15.7 Å². The number of anilines is 1. The normalized spacial score (nSPS) is 20.3. The quantitative estimate of drug-likeness (QED) is 0.840. The van der Waals surface area contributed by atoms with E-state index in [0.717, 1.165) is 0 Å². The highest BCUT2D eigenvalue weighted by molar-refractivity contribution is 7.89. The molecule has 2 heterocycles. The van der Waals surface area contributed by atoms with Gasteiger partial charge in [-0.15, -0.1) is 0 Å². The van der Waals surface area contributed by atoms with Crippen LogP contribution in [0, 0.1) is 5.92 Å². The van der Waals surface area contributed by atoms with Gasteiger partial charge in [-0.25, -0.2) is 8.42 Å². The second-order valence-corrected chi connectivity index (χ2v) is 6.80. The predicted molar refractivity (Wildman–Crippen MR) is 71.8 cm³/mol. The van der Waals surface area contributed by atoms with Gasteiger partial charge in [-0.2, -0.15) is 4.31 Å². The van der Waals surface area contributed by atoms with E-state index in [1.807, 2.05) is 0 Å². The van der Waals surface area contributed by atoms with Crippen molar-refractivity contribution in [3.8, 4) is 0 Å². The van der Waals surface area contributed by atoms with E-state index < -0.39 is 16.1 Å². The van der Waals surface area contributed by atoms with Gasteiger partial charge in [0.1, 0.15) is 4.90 Å². The van der Waals surface area contributed by atoms with Crippen molar-refractivity contribution in [2.75, 3.05) is 18.8 Å². The van der Waals surface area contributed by atoms with Crippen LogP contribution in [0.15, 0.2) is 23.4 Å². The maximum Gasteiger partial charge on any atom is 0.246 e. The number of hydrogen-bond donors (Lipinski definition) is 2. The summed E-state index contributed by atoms with van der Waals surface area (Å²) in [7, 11) is -3.58. The highest BCUT2D eigenvalue weighted by Crippen LogP contribution is 2.27. The molecule has 1 aliphatic heterocycles. The van der Waals surface area contributed by atoms with Crippen molar-refractivity contribution in [3.63, 3.8) is 0 Å². The Bertz CT molecular complexity index is 537. The first-order chi connectivity index (χ1) is 8.93. The molecule has 0 radical (unpaired) electrons. The van der Waals surface area contributed by atoms with Crippen LogP contribution in [0.1, 0.15) is 19.8 Å². The van der Waals surface area contributed by atoms with E-state index in [-0.39, 0.29) is 16.5 Å². The zero-order valence-electron chi connectivity index (χ0n) is 10.9. The van der Waals surface area contributed by atoms with Crippen molar-refractivity contribution < 1.29 is 13.5 Å². The average molecular weight is 285 g/mol. The predicted octanol–water partition coefficient (Wildman–Crippen LogP) is 0.445.